The molecule has 2 unspecified atom stereocenters. The Labute approximate surface area is 220 Å². The van der Waals surface area contributed by atoms with Crippen molar-refractivity contribution in [2.24, 2.45) is 0 Å². The summed E-state index contributed by atoms with van der Waals surface area (Å²) < 4.78 is 6.01. The van der Waals surface area contributed by atoms with Gasteiger partial charge in [0.2, 0.25) is 0 Å². The van der Waals surface area contributed by atoms with Crippen LogP contribution in [0.1, 0.15) is 127 Å². The Kier molecular flexibility index (Phi) is 16.8. The van der Waals surface area contributed by atoms with Crippen LogP contribution < -0.4 is 4.74 Å². The number of hydrogen-bond donors (Lipinski definition) is 0. The predicted molar refractivity (Wildman–Crippen MR) is 158 cm³/mol. The van der Waals surface area contributed by atoms with Crippen molar-refractivity contribution in [3.63, 3.8) is 0 Å². The zero-order valence-corrected chi connectivity index (χ0v) is 23.9. The summed E-state index contributed by atoms with van der Waals surface area (Å²) in [6, 6.07) is 19.7. The second-order valence-corrected chi connectivity index (χ2v) is 12.5. The van der Waals surface area contributed by atoms with Gasteiger partial charge in [0.15, 0.2) is 4.90 Å². The zero-order valence-electron chi connectivity index (χ0n) is 23.1. The molecule has 0 amide bonds. The van der Waals surface area contributed by atoms with E-state index in [1.165, 1.54) is 113 Å². The van der Waals surface area contributed by atoms with E-state index in [-0.39, 0.29) is 10.9 Å². The monoisotopic (exact) mass is 497 g/mol. The molecule has 2 heteroatoms. The Morgan fingerprint density at radius 1 is 0.600 bits per heavy atom. The van der Waals surface area contributed by atoms with E-state index < -0.39 is 0 Å². The van der Waals surface area contributed by atoms with E-state index in [4.69, 9.17) is 4.74 Å². The fraction of sp³-hybridized carbons (Fsp3) is 0.636. The van der Waals surface area contributed by atoms with Crippen molar-refractivity contribution in [1.29, 1.82) is 0 Å². The molecule has 0 heterocycles. The molecule has 0 N–H and O–H groups in total. The van der Waals surface area contributed by atoms with Crippen LogP contribution in [0, 0.1) is 0 Å². The van der Waals surface area contributed by atoms with E-state index >= 15 is 0 Å². The molecule has 0 saturated carbocycles. The summed E-state index contributed by atoms with van der Waals surface area (Å²) in [6.45, 7) is 5.47. The van der Waals surface area contributed by atoms with E-state index in [0.717, 1.165) is 12.4 Å². The van der Waals surface area contributed by atoms with Gasteiger partial charge >= 0.3 is 0 Å². The summed E-state index contributed by atoms with van der Waals surface area (Å²) >= 11 is 0. The minimum Gasteiger partial charge on any atom is -0.494 e. The highest BCUT2D eigenvalue weighted by Crippen LogP contribution is 2.29. The molecule has 35 heavy (non-hydrogen) atoms. The number of unbranched alkanes of at least 4 members (excludes halogenated alkanes) is 15. The molecule has 2 rings (SSSR count). The van der Waals surface area contributed by atoms with Crippen molar-refractivity contribution >= 4 is 10.9 Å². The van der Waals surface area contributed by atoms with Gasteiger partial charge in [-0.1, -0.05) is 134 Å². The van der Waals surface area contributed by atoms with E-state index in [9.17, 15) is 0 Å². The quantitative estimate of drug-likeness (QED) is 0.123. The normalized spacial score (nSPS) is 13.0. The standard InChI is InChI=1S/C33H53OS/c1-4-5-6-7-8-9-10-11-12-13-14-15-16-17-18-22-29-34-32-25-27-33(28-26-32)35(3)30(2)31-23-20-19-21-24-31/h19-21,23-28,30H,4-18,22,29H2,1-3H3/q+1. The van der Waals surface area contributed by atoms with Gasteiger partial charge in [-0.05, 0) is 37.6 Å². The Hall–Kier alpha value is -1.41. The summed E-state index contributed by atoms with van der Waals surface area (Å²) in [7, 11) is 0.189. The zero-order chi connectivity index (χ0) is 25.0. The number of rotatable bonds is 21. The van der Waals surface area contributed by atoms with Gasteiger partial charge in [0, 0.05) is 16.5 Å². The third-order valence-corrected chi connectivity index (χ3v) is 9.61. The second kappa shape index (κ2) is 19.7. The van der Waals surface area contributed by atoms with E-state index in [2.05, 4.69) is 74.7 Å². The summed E-state index contributed by atoms with van der Waals surface area (Å²) in [5.74, 6) is 1.01. The lowest BCUT2D eigenvalue weighted by atomic mass is 10.0. The minimum atomic E-state index is 0.189. The third-order valence-electron chi connectivity index (χ3n) is 7.26. The molecular weight excluding hydrogens is 444 g/mol. The highest BCUT2D eigenvalue weighted by atomic mass is 32.2. The van der Waals surface area contributed by atoms with Gasteiger partial charge in [0.25, 0.3) is 0 Å². The van der Waals surface area contributed by atoms with E-state index in [1.54, 1.807) is 0 Å². The van der Waals surface area contributed by atoms with Gasteiger partial charge in [-0.15, -0.1) is 0 Å². The molecule has 0 saturated heterocycles. The number of ether oxygens (including phenoxy) is 1. The van der Waals surface area contributed by atoms with Crippen molar-refractivity contribution in [2.75, 3.05) is 12.9 Å². The molecular formula is C33H53OS+. The van der Waals surface area contributed by atoms with Crippen LogP contribution in [0.4, 0.5) is 0 Å². The predicted octanol–water partition coefficient (Wildman–Crippen LogP) is 10.7. The summed E-state index contributed by atoms with van der Waals surface area (Å²) in [5.41, 5.74) is 1.42. The van der Waals surface area contributed by atoms with E-state index in [0.29, 0.717) is 5.25 Å². The SMILES string of the molecule is CCCCCCCCCCCCCCCCCCOc1ccc([S+](C)C(C)c2ccccc2)cc1. The fourth-order valence-electron chi connectivity index (χ4n) is 4.72. The minimum absolute atomic E-state index is 0.189. The molecule has 0 aliphatic heterocycles. The average molecular weight is 498 g/mol. The van der Waals surface area contributed by atoms with Gasteiger partial charge in [-0.3, -0.25) is 0 Å². The maximum Gasteiger partial charge on any atom is 0.155 e. The summed E-state index contributed by atoms with van der Waals surface area (Å²) in [6.07, 6.45) is 24.8. The van der Waals surface area contributed by atoms with Gasteiger partial charge in [-0.2, -0.15) is 0 Å². The Balaban J connectivity index is 1.42. The van der Waals surface area contributed by atoms with Crippen LogP contribution in [0.3, 0.4) is 0 Å². The largest absolute Gasteiger partial charge is 0.494 e. The molecule has 2 atom stereocenters. The maximum atomic E-state index is 6.01. The second-order valence-electron chi connectivity index (χ2n) is 10.2. The van der Waals surface area contributed by atoms with Crippen molar-refractivity contribution < 1.29 is 4.74 Å². The molecule has 0 bridgehead atoms. The van der Waals surface area contributed by atoms with Crippen LogP contribution in [0.15, 0.2) is 59.5 Å². The molecule has 0 fully saturated rings. The third kappa shape index (κ3) is 13.5. The van der Waals surface area contributed by atoms with E-state index in [1.807, 2.05) is 0 Å². The lowest BCUT2D eigenvalue weighted by molar-refractivity contribution is 0.304. The molecule has 0 aromatic heterocycles. The van der Waals surface area contributed by atoms with Crippen LogP contribution in [-0.2, 0) is 10.9 Å². The number of benzene rings is 2. The Morgan fingerprint density at radius 2 is 1.06 bits per heavy atom. The first-order valence-corrected chi connectivity index (χ1v) is 16.3. The highest BCUT2D eigenvalue weighted by molar-refractivity contribution is 7.96. The Morgan fingerprint density at radius 3 is 1.54 bits per heavy atom. The molecule has 0 spiro atoms. The highest BCUT2D eigenvalue weighted by Gasteiger charge is 2.25. The van der Waals surface area contributed by atoms with Crippen molar-refractivity contribution in [1.82, 2.24) is 0 Å². The first-order chi connectivity index (χ1) is 17.2. The fourth-order valence-corrected chi connectivity index (χ4v) is 6.26. The lowest BCUT2D eigenvalue weighted by Gasteiger charge is -2.12. The maximum absolute atomic E-state index is 6.01. The van der Waals surface area contributed by atoms with Crippen molar-refractivity contribution in [2.45, 2.75) is 127 Å². The van der Waals surface area contributed by atoms with Crippen LogP contribution in [0.5, 0.6) is 5.75 Å². The van der Waals surface area contributed by atoms with Crippen molar-refractivity contribution in [3.05, 3.63) is 60.2 Å². The van der Waals surface area contributed by atoms with Gasteiger partial charge in [-0.25, -0.2) is 0 Å². The van der Waals surface area contributed by atoms with Gasteiger partial charge in [0.05, 0.1) is 6.61 Å². The van der Waals surface area contributed by atoms with Gasteiger partial charge in [0.1, 0.15) is 17.3 Å². The summed E-state index contributed by atoms with van der Waals surface area (Å²) in [4.78, 5) is 1.41. The molecule has 0 aliphatic carbocycles. The molecule has 2 aromatic rings. The van der Waals surface area contributed by atoms with Crippen LogP contribution in [-0.4, -0.2) is 12.9 Å². The first-order valence-electron chi connectivity index (χ1n) is 14.6. The Bertz CT molecular complexity index is 727. The molecule has 2 aromatic carbocycles. The first kappa shape index (κ1) is 29.8. The molecule has 0 aliphatic rings. The van der Waals surface area contributed by atoms with Crippen molar-refractivity contribution in [3.8, 4) is 5.75 Å². The van der Waals surface area contributed by atoms with Crippen LogP contribution in [0.25, 0.3) is 0 Å². The molecule has 0 radical (unpaired) electrons. The van der Waals surface area contributed by atoms with Crippen LogP contribution in [0.2, 0.25) is 0 Å². The lowest BCUT2D eigenvalue weighted by Crippen LogP contribution is -2.09. The summed E-state index contributed by atoms with van der Waals surface area (Å²) in [5, 5.41) is 0.535. The average Bonchev–Trinajstić information content (AvgIpc) is 2.90. The topological polar surface area (TPSA) is 9.23 Å². The number of hydrogen-bond acceptors (Lipinski definition) is 1. The van der Waals surface area contributed by atoms with Crippen LogP contribution >= 0.6 is 0 Å². The van der Waals surface area contributed by atoms with Gasteiger partial charge < -0.3 is 4.74 Å². The smallest absolute Gasteiger partial charge is 0.155 e. The molecule has 196 valence electrons. The molecule has 1 nitrogen and oxygen atoms in total.